The lowest BCUT2D eigenvalue weighted by Crippen LogP contribution is -2.27. The summed E-state index contributed by atoms with van der Waals surface area (Å²) in [4.78, 5) is 26.9. The number of rotatable bonds is 5. The van der Waals surface area contributed by atoms with Gasteiger partial charge in [0, 0.05) is 5.02 Å². The first-order chi connectivity index (χ1) is 16.1. The number of imide groups is 1. The Bertz CT molecular complexity index is 1410. The van der Waals surface area contributed by atoms with Crippen LogP contribution in [-0.2, 0) is 11.4 Å². The topological polar surface area (TPSA) is 46.6 Å². The number of halogens is 1. The van der Waals surface area contributed by atoms with Crippen molar-refractivity contribution in [3.05, 3.63) is 112 Å². The molecule has 4 aromatic rings. The second-order valence-electron chi connectivity index (χ2n) is 7.50. The number of hydrogen-bond acceptors (Lipinski definition) is 4. The molecular formula is C27H18ClNO3S. The monoisotopic (exact) mass is 471 g/mol. The molecule has 1 heterocycles. The van der Waals surface area contributed by atoms with E-state index in [4.69, 9.17) is 16.3 Å². The van der Waals surface area contributed by atoms with E-state index in [1.165, 1.54) is 5.39 Å². The third kappa shape index (κ3) is 4.51. The van der Waals surface area contributed by atoms with Crippen molar-refractivity contribution in [2.45, 2.75) is 6.61 Å². The van der Waals surface area contributed by atoms with Gasteiger partial charge in [-0.25, -0.2) is 4.90 Å². The Morgan fingerprint density at radius 1 is 0.879 bits per heavy atom. The molecule has 0 spiro atoms. The van der Waals surface area contributed by atoms with E-state index in [9.17, 15) is 9.59 Å². The van der Waals surface area contributed by atoms with Crippen LogP contribution in [0, 0.1) is 0 Å². The van der Waals surface area contributed by atoms with Gasteiger partial charge in [-0.1, -0.05) is 72.3 Å². The first-order valence-corrected chi connectivity index (χ1v) is 11.5. The predicted octanol–water partition coefficient (Wildman–Crippen LogP) is 7.31. The molecule has 4 aromatic carbocycles. The lowest BCUT2D eigenvalue weighted by atomic mass is 10.1. The van der Waals surface area contributed by atoms with Crippen molar-refractivity contribution in [1.29, 1.82) is 0 Å². The lowest BCUT2D eigenvalue weighted by Gasteiger charge is -2.12. The molecule has 162 valence electrons. The number of nitrogens with zero attached hydrogens (tertiary/aromatic N) is 1. The molecule has 0 radical (unpaired) electrons. The standard InChI is InChI=1S/C27H18ClNO3S/c28-21-10-5-11-22(16-21)29-26(30)25(33-27(29)31)15-18-6-3-12-23(14-18)32-17-20-9-4-8-19-7-1-2-13-24(19)20/h1-16H,17H2. The molecule has 1 aliphatic heterocycles. The maximum absolute atomic E-state index is 12.9. The highest BCUT2D eigenvalue weighted by Crippen LogP contribution is 2.36. The van der Waals surface area contributed by atoms with Crippen molar-refractivity contribution in [3.8, 4) is 5.75 Å². The molecule has 0 N–H and O–H groups in total. The molecular weight excluding hydrogens is 454 g/mol. The Morgan fingerprint density at radius 3 is 2.55 bits per heavy atom. The molecule has 1 fully saturated rings. The molecule has 0 aliphatic carbocycles. The van der Waals surface area contributed by atoms with Crippen LogP contribution in [0.4, 0.5) is 10.5 Å². The summed E-state index contributed by atoms with van der Waals surface area (Å²) in [5.41, 5.74) is 2.34. The third-order valence-corrected chi connectivity index (χ3v) is 6.39. The second kappa shape index (κ2) is 9.14. The van der Waals surface area contributed by atoms with E-state index in [0.717, 1.165) is 33.2 Å². The molecule has 0 bridgehead atoms. The number of anilines is 1. The van der Waals surface area contributed by atoms with Gasteiger partial charge in [-0.15, -0.1) is 0 Å². The van der Waals surface area contributed by atoms with Crippen molar-refractivity contribution >= 4 is 57.0 Å². The molecule has 0 aromatic heterocycles. The van der Waals surface area contributed by atoms with Crippen LogP contribution >= 0.6 is 23.4 Å². The maximum atomic E-state index is 12.9. The molecule has 4 nitrogen and oxygen atoms in total. The number of benzene rings is 4. The summed E-state index contributed by atoms with van der Waals surface area (Å²) in [6, 6.07) is 28.5. The average molecular weight is 472 g/mol. The van der Waals surface area contributed by atoms with Gasteiger partial charge in [0.15, 0.2) is 0 Å². The van der Waals surface area contributed by atoms with Gasteiger partial charge in [-0.2, -0.15) is 0 Å². The Hall–Kier alpha value is -3.54. The van der Waals surface area contributed by atoms with Gasteiger partial charge >= 0.3 is 0 Å². The zero-order valence-electron chi connectivity index (χ0n) is 17.4. The fraction of sp³-hybridized carbons (Fsp3) is 0.0370. The van der Waals surface area contributed by atoms with Crippen LogP contribution in [-0.4, -0.2) is 11.1 Å². The Balaban J connectivity index is 1.35. The molecule has 0 unspecified atom stereocenters. The molecule has 5 rings (SSSR count). The normalized spacial score (nSPS) is 14.9. The van der Waals surface area contributed by atoms with Gasteiger partial charge in [0.25, 0.3) is 11.1 Å². The molecule has 33 heavy (non-hydrogen) atoms. The zero-order chi connectivity index (χ0) is 22.8. The fourth-order valence-corrected chi connectivity index (χ4v) is 4.76. The van der Waals surface area contributed by atoms with Crippen molar-refractivity contribution in [1.82, 2.24) is 0 Å². The van der Waals surface area contributed by atoms with Gasteiger partial charge in [-0.3, -0.25) is 9.59 Å². The van der Waals surface area contributed by atoms with Crippen molar-refractivity contribution in [2.75, 3.05) is 4.90 Å². The van der Waals surface area contributed by atoms with Crippen molar-refractivity contribution in [2.24, 2.45) is 0 Å². The van der Waals surface area contributed by atoms with Crippen LogP contribution in [0.1, 0.15) is 11.1 Å². The highest BCUT2D eigenvalue weighted by atomic mass is 35.5. The lowest BCUT2D eigenvalue weighted by molar-refractivity contribution is -0.113. The maximum Gasteiger partial charge on any atom is 0.298 e. The van der Waals surface area contributed by atoms with E-state index in [2.05, 4.69) is 24.3 Å². The van der Waals surface area contributed by atoms with Gasteiger partial charge in [0.1, 0.15) is 12.4 Å². The Labute approximate surface area is 200 Å². The highest BCUT2D eigenvalue weighted by Gasteiger charge is 2.36. The summed E-state index contributed by atoms with van der Waals surface area (Å²) in [7, 11) is 0. The number of hydrogen-bond donors (Lipinski definition) is 0. The fourth-order valence-electron chi connectivity index (χ4n) is 3.73. The largest absolute Gasteiger partial charge is 0.489 e. The summed E-state index contributed by atoms with van der Waals surface area (Å²) >= 11 is 6.93. The molecule has 1 aliphatic rings. The molecule has 0 atom stereocenters. The van der Waals surface area contributed by atoms with E-state index in [0.29, 0.717) is 28.0 Å². The number of ether oxygens (including phenoxy) is 1. The van der Waals surface area contributed by atoms with Crippen LogP contribution in [0.15, 0.2) is 95.9 Å². The minimum Gasteiger partial charge on any atom is -0.489 e. The summed E-state index contributed by atoms with van der Waals surface area (Å²) in [6.07, 6.45) is 1.71. The van der Waals surface area contributed by atoms with Gasteiger partial charge in [0.2, 0.25) is 0 Å². The van der Waals surface area contributed by atoms with Gasteiger partial charge < -0.3 is 4.74 Å². The first-order valence-electron chi connectivity index (χ1n) is 10.3. The van der Waals surface area contributed by atoms with Gasteiger partial charge in [-0.05, 0) is 70.1 Å². The van der Waals surface area contributed by atoms with E-state index in [1.807, 2.05) is 42.5 Å². The molecule has 6 heteroatoms. The molecule has 0 saturated carbocycles. The van der Waals surface area contributed by atoms with E-state index in [-0.39, 0.29) is 11.1 Å². The number of thioether (sulfide) groups is 1. The van der Waals surface area contributed by atoms with Crippen molar-refractivity contribution < 1.29 is 14.3 Å². The van der Waals surface area contributed by atoms with Crippen molar-refractivity contribution in [3.63, 3.8) is 0 Å². The number of fused-ring (bicyclic) bond motifs is 1. The predicted molar refractivity (Wildman–Crippen MR) is 135 cm³/mol. The Morgan fingerprint density at radius 2 is 1.67 bits per heavy atom. The second-order valence-corrected chi connectivity index (χ2v) is 8.93. The minimum atomic E-state index is -0.366. The number of carbonyl (C=O) groups is 2. The van der Waals surface area contributed by atoms with E-state index in [1.54, 1.807) is 30.3 Å². The summed E-state index contributed by atoms with van der Waals surface area (Å²) in [5.74, 6) is 0.320. The molecule has 2 amide bonds. The quantitative estimate of drug-likeness (QED) is 0.286. The first kappa shape index (κ1) is 21.3. The third-order valence-electron chi connectivity index (χ3n) is 5.29. The highest BCUT2D eigenvalue weighted by molar-refractivity contribution is 8.19. The summed E-state index contributed by atoms with van der Waals surface area (Å²) in [5, 5.41) is 2.44. The SMILES string of the molecule is O=C1SC(=Cc2cccc(OCc3cccc4ccccc34)c2)C(=O)N1c1cccc(Cl)c1. The van der Waals surface area contributed by atoms with Crippen LogP contribution in [0.5, 0.6) is 5.75 Å². The summed E-state index contributed by atoms with van der Waals surface area (Å²) < 4.78 is 6.04. The number of carbonyl (C=O) groups excluding carboxylic acids is 2. The number of amides is 2. The van der Waals surface area contributed by atoms with Crippen LogP contribution in [0.2, 0.25) is 5.02 Å². The summed E-state index contributed by atoms with van der Waals surface area (Å²) in [6.45, 7) is 0.427. The van der Waals surface area contributed by atoms with E-state index < -0.39 is 0 Å². The smallest absolute Gasteiger partial charge is 0.298 e. The van der Waals surface area contributed by atoms with Gasteiger partial charge in [0.05, 0.1) is 10.6 Å². The van der Waals surface area contributed by atoms with Crippen LogP contribution in [0.3, 0.4) is 0 Å². The van der Waals surface area contributed by atoms with Crippen LogP contribution < -0.4 is 9.64 Å². The van der Waals surface area contributed by atoms with E-state index >= 15 is 0 Å². The average Bonchev–Trinajstić information content (AvgIpc) is 3.10. The van der Waals surface area contributed by atoms with Crippen LogP contribution in [0.25, 0.3) is 16.8 Å². The molecule has 1 saturated heterocycles. The minimum absolute atomic E-state index is 0.350. The Kier molecular flexibility index (Phi) is 5.90. The zero-order valence-corrected chi connectivity index (χ0v) is 19.0.